The van der Waals surface area contributed by atoms with Crippen molar-refractivity contribution in [2.45, 2.75) is 4.90 Å². The lowest BCUT2D eigenvalue weighted by atomic mass is 10.0. The number of benzene rings is 3. The van der Waals surface area contributed by atoms with E-state index in [1.54, 1.807) is 12.1 Å². The average molecular weight is 356 g/mol. The van der Waals surface area contributed by atoms with E-state index in [0.717, 1.165) is 10.8 Å². The zero-order valence-electron chi connectivity index (χ0n) is 13.4. The van der Waals surface area contributed by atoms with Crippen LogP contribution in [0.3, 0.4) is 0 Å². The van der Waals surface area contributed by atoms with Crippen LogP contribution >= 0.6 is 0 Å². The number of carbonyl (C=O) groups excluding carboxylic acids is 1. The molecule has 0 unspecified atom stereocenters. The molecular formula is C18H16N2O4S. The smallest absolute Gasteiger partial charge is 0.256 e. The average Bonchev–Trinajstić information content (AvgIpc) is 2.60. The predicted octanol–water partition coefficient (Wildman–Crippen LogP) is 2.75. The molecule has 0 fully saturated rings. The molecule has 0 atom stereocenters. The summed E-state index contributed by atoms with van der Waals surface area (Å²) in [4.78, 5) is 12.6. The lowest BCUT2D eigenvalue weighted by Gasteiger charge is -2.12. The van der Waals surface area contributed by atoms with Crippen molar-refractivity contribution in [2.75, 3.05) is 12.4 Å². The van der Waals surface area contributed by atoms with Crippen LogP contribution in [0, 0.1) is 0 Å². The summed E-state index contributed by atoms with van der Waals surface area (Å²) in [6.07, 6.45) is 0. The standard InChI is InChI=1S/C18H16N2O4S/c1-24-17-10-9-13(25(19,22)23)11-16(17)20-18(21)15-8-4-6-12-5-2-3-7-14(12)15/h2-11H,1H3,(H,20,21)(H2,19,22,23). The van der Waals surface area contributed by atoms with Gasteiger partial charge in [0.25, 0.3) is 5.91 Å². The van der Waals surface area contributed by atoms with E-state index >= 15 is 0 Å². The van der Waals surface area contributed by atoms with E-state index in [9.17, 15) is 13.2 Å². The first-order valence-corrected chi connectivity index (χ1v) is 8.95. The molecule has 0 spiro atoms. The summed E-state index contributed by atoms with van der Waals surface area (Å²) < 4.78 is 28.3. The van der Waals surface area contributed by atoms with Crippen LogP contribution in [0.25, 0.3) is 10.8 Å². The van der Waals surface area contributed by atoms with E-state index in [1.807, 2.05) is 30.3 Å². The molecule has 0 radical (unpaired) electrons. The van der Waals surface area contributed by atoms with Gasteiger partial charge >= 0.3 is 0 Å². The topological polar surface area (TPSA) is 98.5 Å². The van der Waals surface area contributed by atoms with E-state index in [0.29, 0.717) is 11.3 Å². The number of fused-ring (bicyclic) bond motifs is 1. The minimum absolute atomic E-state index is 0.110. The maximum absolute atomic E-state index is 12.7. The number of carbonyl (C=O) groups is 1. The van der Waals surface area contributed by atoms with Crippen molar-refractivity contribution < 1.29 is 17.9 Å². The summed E-state index contributed by atoms with van der Waals surface area (Å²) in [5.74, 6) is -0.0392. The molecule has 0 aliphatic carbocycles. The van der Waals surface area contributed by atoms with Crippen LogP contribution in [-0.4, -0.2) is 21.4 Å². The number of rotatable bonds is 4. The Morgan fingerprint density at radius 2 is 1.76 bits per heavy atom. The van der Waals surface area contributed by atoms with Crippen molar-refractivity contribution >= 4 is 32.4 Å². The van der Waals surface area contributed by atoms with E-state index in [1.165, 1.54) is 25.3 Å². The summed E-state index contributed by atoms with van der Waals surface area (Å²) >= 11 is 0. The second kappa shape index (κ2) is 6.54. The van der Waals surface area contributed by atoms with Gasteiger partial charge in [-0.3, -0.25) is 4.79 Å². The van der Waals surface area contributed by atoms with Gasteiger partial charge in [0.2, 0.25) is 10.0 Å². The van der Waals surface area contributed by atoms with Gasteiger partial charge in [-0.25, -0.2) is 13.6 Å². The third-order valence-corrected chi connectivity index (χ3v) is 4.69. The zero-order valence-corrected chi connectivity index (χ0v) is 14.2. The highest BCUT2D eigenvalue weighted by atomic mass is 32.2. The second-order valence-corrected chi connectivity index (χ2v) is 6.95. The van der Waals surface area contributed by atoms with Gasteiger partial charge in [-0.2, -0.15) is 0 Å². The molecule has 0 aromatic heterocycles. The third kappa shape index (κ3) is 3.47. The molecule has 0 bridgehead atoms. The molecule has 0 saturated carbocycles. The van der Waals surface area contributed by atoms with Gasteiger partial charge in [0.15, 0.2) is 0 Å². The third-order valence-electron chi connectivity index (χ3n) is 3.78. The normalized spacial score (nSPS) is 11.3. The monoisotopic (exact) mass is 356 g/mol. The highest BCUT2D eigenvalue weighted by molar-refractivity contribution is 7.89. The number of sulfonamides is 1. The van der Waals surface area contributed by atoms with Crippen molar-refractivity contribution in [1.82, 2.24) is 0 Å². The number of amides is 1. The Labute approximate surface area is 145 Å². The molecule has 0 saturated heterocycles. The quantitative estimate of drug-likeness (QED) is 0.751. The second-order valence-electron chi connectivity index (χ2n) is 5.39. The Bertz CT molecular complexity index is 1060. The first-order valence-electron chi connectivity index (χ1n) is 7.40. The molecule has 3 aromatic carbocycles. The Morgan fingerprint density at radius 1 is 1.04 bits per heavy atom. The lowest BCUT2D eigenvalue weighted by Crippen LogP contribution is -2.15. The van der Waals surface area contributed by atoms with Gasteiger partial charge < -0.3 is 10.1 Å². The summed E-state index contributed by atoms with van der Waals surface area (Å²) in [6.45, 7) is 0. The van der Waals surface area contributed by atoms with E-state index < -0.39 is 10.0 Å². The van der Waals surface area contributed by atoms with Crippen LogP contribution in [0.5, 0.6) is 5.75 Å². The van der Waals surface area contributed by atoms with Crippen LogP contribution in [0.4, 0.5) is 5.69 Å². The molecule has 25 heavy (non-hydrogen) atoms. The van der Waals surface area contributed by atoms with Crippen LogP contribution in [0.2, 0.25) is 0 Å². The Kier molecular flexibility index (Phi) is 4.43. The molecule has 6 nitrogen and oxygen atoms in total. The van der Waals surface area contributed by atoms with E-state index in [-0.39, 0.29) is 16.5 Å². The molecular weight excluding hydrogens is 340 g/mol. The fourth-order valence-electron chi connectivity index (χ4n) is 2.57. The van der Waals surface area contributed by atoms with Gasteiger partial charge in [0.05, 0.1) is 17.7 Å². The van der Waals surface area contributed by atoms with Crippen LogP contribution < -0.4 is 15.2 Å². The number of hydrogen-bond acceptors (Lipinski definition) is 4. The SMILES string of the molecule is COc1ccc(S(N)(=O)=O)cc1NC(=O)c1cccc2ccccc12. The van der Waals surface area contributed by atoms with E-state index in [4.69, 9.17) is 9.88 Å². The van der Waals surface area contributed by atoms with E-state index in [2.05, 4.69) is 5.32 Å². The van der Waals surface area contributed by atoms with Crippen molar-refractivity contribution in [3.05, 3.63) is 66.2 Å². The predicted molar refractivity (Wildman–Crippen MR) is 96.3 cm³/mol. The van der Waals surface area contributed by atoms with Gasteiger partial charge in [-0.1, -0.05) is 36.4 Å². The number of nitrogens with two attached hydrogens (primary N) is 1. The number of ether oxygens (including phenoxy) is 1. The molecule has 0 heterocycles. The molecule has 128 valence electrons. The highest BCUT2D eigenvalue weighted by Gasteiger charge is 2.16. The number of methoxy groups -OCH3 is 1. The molecule has 3 rings (SSSR count). The Balaban J connectivity index is 2.03. The van der Waals surface area contributed by atoms with Crippen LogP contribution in [0.1, 0.15) is 10.4 Å². The van der Waals surface area contributed by atoms with Gasteiger partial charge in [0, 0.05) is 5.56 Å². The number of hydrogen-bond donors (Lipinski definition) is 2. The summed E-state index contributed by atoms with van der Waals surface area (Å²) in [5, 5.41) is 9.58. The Hall–Kier alpha value is -2.90. The fraction of sp³-hybridized carbons (Fsp3) is 0.0556. The summed E-state index contributed by atoms with van der Waals surface area (Å²) in [6, 6.07) is 16.9. The number of anilines is 1. The minimum Gasteiger partial charge on any atom is -0.495 e. The largest absolute Gasteiger partial charge is 0.495 e. The Morgan fingerprint density at radius 3 is 2.48 bits per heavy atom. The molecule has 0 aliphatic heterocycles. The summed E-state index contributed by atoms with van der Waals surface area (Å²) in [5.41, 5.74) is 0.702. The first-order chi connectivity index (χ1) is 11.9. The fourth-order valence-corrected chi connectivity index (χ4v) is 3.11. The van der Waals surface area contributed by atoms with Crippen LogP contribution in [-0.2, 0) is 10.0 Å². The molecule has 3 aromatic rings. The van der Waals surface area contributed by atoms with Crippen molar-refractivity contribution in [2.24, 2.45) is 5.14 Å². The van der Waals surface area contributed by atoms with Gasteiger partial charge in [-0.05, 0) is 35.0 Å². The lowest BCUT2D eigenvalue weighted by molar-refractivity contribution is 0.102. The minimum atomic E-state index is -3.89. The van der Waals surface area contributed by atoms with Gasteiger partial charge in [-0.15, -0.1) is 0 Å². The van der Waals surface area contributed by atoms with Gasteiger partial charge in [0.1, 0.15) is 5.75 Å². The van der Waals surface area contributed by atoms with Crippen molar-refractivity contribution in [3.63, 3.8) is 0 Å². The van der Waals surface area contributed by atoms with Crippen molar-refractivity contribution in [3.8, 4) is 5.75 Å². The molecule has 7 heteroatoms. The van der Waals surface area contributed by atoms with Crippen LogP contribution in [0.15, 0.2) is 65.6 Å². The summed E-state index contributed by atoms with van der Waals surface area (Å²) in [7, 11) is -2.46. The first kappa shape index (κ1) is 16.9. The molecule has 3 N–H and O–H groups in total. The maximum atomic E-state index is 12.7. The number of nitrogens with one attached hydrogen (secondary N) is 1. The maximum Gasteiger partial charge on any atom is 0.256 e. The highest BCUT2D eigenvalue weighted by Crippen LogP contribution is 2.28. The molecule has 1 amide bonds. The number of primary sulfonamides is 1. The van der Waals surface area contributed by atoms with Crippen molar-refractivity contribution in [1.29, 1.82) is 0 Å². The molecule has 0 aliphatic rings. The zero-order chi connectivity index (χ0) is 18.0.